The summed E-state index contributed by atoms with van der Waals surface area (Å²) in [4.78, 5) is 20.8. The zero-order valence-corrected chi connectivity index (χ0v) is 23.1. The van der Waals surface area contributed by atoms with Crippen LogP contribution in [0.5, 0.6) is 0 Å². The number of hydrogen-bond acceptors (Lipinski definition) is 10. The lowest BCUT2D eigenvalue weighted by Gasteiger charge is -2.18. The Hall–Kier alpha value is -4.46. The van der Waals surface area contributed by atoms with Crippen LogP contribution in [0.15, 0.2) is 68.8 Å². The topological polar surface area (TPSA) is 187 Å². The number of benzene rings is 2. The molecule has 2 heterocycles. The van der Waals surface area contributed by atoms with Gasteiger partial charge in [-0.15, -0.1) is 0 Å². The van der Waals surface area contributed by atoms with E-state index in [1.165, 1.54) is 37.3 Å². The van der Waals surface area contributed by atoms with E-state index in [4.69, 9.17) is 26.7 Å². The molecule has 12 nitrogen and oxygen atoms in total. The SMILES string of the molecule is CCS(=O)(=O)c1ccc(NC(=O)N(C=N)c2ccc(C#N)cc2)nc1-c1nc2cc(S(=O)(=O)C(F)(F)Cl)ccc2o1. The minimum Gasteiger partial charge on any atom is -0.435 e. The van der Waals surface area contributed by atoms with Crippen LogP contribution in [0, 0.1) is 16.7 Å². The summed E-state index contributed by atoms with van der Waals surface area (Å²) in [6, 6.07) is 11.8. The Morgan fingerprint density at radius 3 is 2.41 bits per heavy atom. The highest BCUT2D eigenvalue weighted by Gasteiger charge is 2.44. The molecule has 212 valence electrons. The summed E-state index contributed by atoms with van der Waals surface area (Å²) in [5.41, 5.74) is -0.0722. The fourth-order valence-corrected chi connectivity index (χ4v) is 5.56. The average molecular weight is 623 g/mol. The van der Waals surface area contributed by atoms with E-state index in [0.717, 1.165) is 29.2 Å². The molecule has 2 amide bonds. The molecule has 0 fully saturated rings. The third-order valence-corrected chi connectivity index (χ3v) is 9.46. The molecule has 2 aromatic heterocycles. The summed E-state index contributed by atoms with van der Waals surface area (Å²) in [7, 11) is -9.21. The van der Waals surface area contributed by atoms with E-state index in [1.807, 2.05) is 6.07 Å². The smallest absolute Gasteiger partial charge is 0.427 e. The minimum absolute atomic E-state index is 0.0799. The van der Waals surface area contributed by atoms with E-state index in [9.17, 15) is 30.4 Å². The first-order valence-corrected chi connectivity index (χ1v) is 14.8. The third kappa shape index (κ3) is 5.73. The monoisotopic (exact) mass is 622 g/mol. The summed E-state index contributed by atoms with van der Waals surface area (Å²) >= 11 is 4.74. The number of nitrogens with zero attached hydrogens (tertiary/aromatic N) is 4. The molecule has 0 aliphatic heterocycles. The highest BCUT2D eigenvalue weighted by atomic mass is 35.5. The normalized spacial score (nSPS) is 12.1. The molecular weight excluding hydrogens is 606 g/mol. The van der Waals surface area contributed by atoms with Crippen LogP contribution in [0.2, 0.25) is 0 Å². The Morgan fingerprint density at radius 1 is 1.15 bits per heavy atom. The molecule has 0 saturated heterocycles. The molecule has 0 bridgehead atoms. The Labute approximate surface area is 236 Å². The van der Waals surface area contributed by atoms with Crippen LogP contribution >= 0.6 is 11.6 Å². The standard InChI is InChI=1S/C24H17ClF2N6O6S2/c1-2-40(35,36)19-9-10-20(32-23(34)33(13-29)15-5-3-14(12-28)4-6-15)31-21(19)22-30-17-11-16(7-8-18(17)39-22)41(37,38)24(25,26)27/h3-11,13,29H,2H2,1H3,(H,31,32,34). The second-order valence-electron chi connectivity index (χ2n) is 8.13. The maximum atomic E-state index is 13.4. The van der Waals surface area contributed by atoms with Crippen LogP contribution in [-0.4, -0.2) is 49.6 Å². The Balaban J connectivity index is 1.77. The van der Waals surface area contributed by atoms with E-state index in [1.54, 1.807) is 0 Å². The van der Waals surface area contributed by atoms with Crippen molar-refractivity contribution in [3.63, 3.8) is 0 Å². The van der Waals surface area contributed by atoms with Crippen molar-refractivity contribution < 1.29 is 34.8 Å². The van der Waals surface area contributed by atoms with Gasteiger partial charge in [0.1, 0.15) is 17.0 Å². The van der Waals surface area contributed by atoms with Crippen molar-refractivity contribution in [2.24, 2.45) is 0 Å². The van der Waals surface area contributed by atoms with Crippen molar-refractivity contribution in [2.75, 3.05) is 16.0 Å². The number of sulfone groups is 2. The fraction of sp³-hybridized carbons (Fsp3) is 0.125. The Kier molecular flexibility index (Phi) is 7.81. The quantitative estimate of drug-likeness (QED) is 0.159. The number of anilines is 2. The number of aromatic nitrogens is 2. The largest absolute Gasteiger partial charge is 0.435 e. The Morgan fingerprint density at radius 2 is 1.83 bits per heavy atom. The molecule has 0 radical (unpaired) electrons. The van der Waals surface area contributed by atoms with Crippen LogP contribution < -0.4 is 10.2 Å². The van der Waals surface area contributed by atoms with E-state index in [2.05, 4.69) is 15.3 Å². The van der Waals surface area contributed by atoms with Crippen LogP contribution in [0.25, 0.3) is 22.7 Å². The fourth-order valence-electron chi connectivity index (χ4n) is 3.50. The lowest BCUT2D eigenvalue weighted by Crippen LogP contribution is -2.33. The first-order chi connectivity index (χ1) is 19.2. The molecule has 41 heavy (non-hydrogen) atoms. The molecule has 0 aliphatic rings. The van der Waals surface area contributed by atoms with Crippen LogP contribution in [0.3, 0.4) is 0 Å². The van der Waals surface area contributed by atoms with Gasteiger partial charge in [-0.25, -0.2) is 31.6 Å². The van der Waals surface area contributed by atoms with Crippen molar-refractivity contribution in [1.29, 1.82) is 10.7 Å². The Bertz CT molecular complexity index is 1940. The van der Waals surface area contributed by atoms with Crippen molar-refractivity contribution >= 4 is 66.3 Å². The maximum absolute atomic E-state index is 13.4. The number of halogens is 3. The van der Waals surface area contributed by atoms with Gasteiger partial charge in [0.2, 0.25) is 5.89 Å². The van der Waals surface area contributed by atoms with Crippen molar-refractivity contribution in [3.8, 4) is 17.7 Å². The number of nitrogens with one attached hydrogen (secondary N) is 2. The second kappa shape index (κ2) is 10.8. The summed E-state index contributed by atoms with van der Waals surface area (Å²) < 4.78 is 77.6. The molecular formula is C24H17ClF2N6O6S2. The van der Waals surface area contributed by atoms with E-state index < -0.39 is 41.2 Å². The van der Waals surface area contributed by atoms with Gasteiger partial charge in [-0.1, -0.05) is 6.92 Å². The molecule has 2 aromatic carbocycles. The van der Waals surface area contributed by atoms with Crippen molar-refractivity contribution in [1.82, 2.24) is 9.97 Å². The van der Waals surface area contributed by atoms with Gasteiger partial charge >= 0.3 is 10.7 Å². The summed E-state index contributed by atoms with van der Waals surface area (Å²) in [5.74, 6) is -0.930. The third-order valence-electron chi connectivity index (χ3n) is 5.61. The van der Waals surface area contributed by atoms with Gasteiger partial charge in [0.05, 0.1) is 39.2 Å². The molecule has 4 aromatic rings. The summed E-state index contributed by atoms with van der Waals surface area (Å²) in [6.07, 6.45) is 0.713. The summed E-state index contributed by atoms with van der Waals surface area (Å²) in [5, 5.41) is 19.0. The van der Waals surface area contributed by atoms with Crippen LogP contribution in [-0.2, 0) is 19.7 Å². The molecule has 4 rings (SSSR count). The number of pyridine rings is 1. The number of carbonyl (C=O) groups excluding carboxylic acids is 1. The minimum atomic E-state index is -5.26. The number of fused-ring (bicyclic) bond motifs is 1. The highest BCUT2D eigenvalue weighted by Crippen LogP contribution is 2.35. The molecule has 2 N–H and O–H groups in total. The first-order valence-electron chi connectivity index (χ1n) is 11.3. The number of urea groups is 1. The lowest BCUT2D eigenvalue weighted by atomic mass is 10.2. The van der Waals surface area contributed by atoms with Crippen molar-refractivity contribution in [2.45, 2.75) is 21.4 Å². The van der Waals surface area contributed by atoms with Gasteiger partial charge in [0.15, 0.2) is 15.4 Å². The van der Waals surface area contributed by atoms with Crippen molar-refractivity contribution in [3.05, 3.63) is 60.2 Å². The number of hydrogen-bond donors (Lipinski definition) is 2. The molecule has 0 saturated carbocycles. The van der Waals surface area contributed by atoms with Gasteiger partial charge in [-0.2, -0.15) is 14.0 Å². The van der Waals surface area contributed by atoms with E-state index >= 15 is 0 Å². The van der Waals surface area contributed by atoms with Crippen LogP contribution in [0.4, 0.5) is 25.1 Å². The number of amides is 2. The molecule has 0 unspecified atom stereocenters. The number of oxazole rings is 1. The average Bonchev–Trinajstić information content (AvgIpc) is 3.36. The van der Waals surface area contributed by atoms with E-state index in [0.29, 0.717) is 11.9 Å². The maximum Gasteiger partial charge on any atom is 0.427 e. The zero-order chi connectivity index (χ0) is 30.2. The highest BCUT2D eigenvalue weighted by molar-refractivity contribution is 7.93. The number of alkyl halides is 3. The number of carbonyl (C=O) groups is 1. The molecule has 0 spiro atoms. The molecule has 0 aliphatic carbocycles. The predicted octanol–water partition coefficient (Wildman–Crippen LogP) is 4.76. The number of nitriles is 1. The number of rotatable bonds is 8. The van der Waals surface area contributed by atoms with E-state index in [-0.39, 0.29) is 38.9 Å². The lowest BCUT2D eigenvalue weighted by molar-refractivity contribution is 0.187. The van der Waals surface area contributed by atoms with Gasteiger partial charge in [-0.3, -0.25) is 15.6 Å². The van der Waals surface area contributed by atoms with Gasteiger partial charge in [0, 0.05) is 0 Å². The van der Waals surface area contributed by atoms with Gasteiger partial charge < -0.3 is 4.42 Å². The predicted molar refractivity (Wildman–Crippen MR) is 144 cm³/mol. The van der Waals surface area contributed by atoms with Gasteiger partial charge in [0.25, 0.3) is 9.84 Å². The first kappa shape index (κ1) is 29.5. The molecule has 17 heteroatoms. The second-order valence-corrected chi connectivity index (χ2v) is 13.1. The zero-order valence-electron chi connectivity index (χ0n) is 20.7. The summed E-state index contributed by atoms with van der Waals surface area (Å²) in [6.45, 7) is 1.38. The van der Waals surface area contributed by atoms with Crippen LogP contribution in [0.1, 0.15) is 12.5 Å². The van der Waals surface area contributed by atoms with Gasteiger partial charge in [-0.05, 0) is 66.2 Å². The molecule has 0 atom stereocenters.